The minimum atomic E-state index is -1.02. The number of anilines is 2. The number of hydrogen-bond acceptors (Lipinski definition) is 6. The number of rotatable bonds is 3. The van der Waals surface area contributed by atoms with Crippen LogP contribution in [0.15, 0.2) is 30.3 Å². The summed E-state index contributed by atoms with van der Waals surface area (Å²) in [5, 5.41) is 24.0. The standard InChI is InChI=1S/C28H24N6O2/c1-5-34-20-10-9-17(15-7-6-8-16(21(15)20)24(34)35)33-25(36)28-12-11-27(4,26(28,2)3)22-23(28)32-19(14-30)18(13-29)31-22/h6-10H,5,11-12H2,1-4H3,(H,33,36). The molecule has 178 valence electrons. The summed E-state index contributed by atoms with van der Waals surface area (Å²) < 4.78 is 0. The topological polar surface area (TPSA) is 123 Å². The number of hydrogen-bond donors (Lipinski definition) is 1. The lowest BCUT2D eigenvalue weighted by Crippen LogP contribution is -2.48. The molecule has 36 heavy (non-hydrogen) atoms. The van der Waals surface area contributed by atoms with Crippen LogP contribution < -0.4 is 10.2 Å². The fourth-order valence-corrected chi connectivity index (χ4v) is 6.84. The molecule has 8 heteroatoms. The van der Waals surface area contributed by atoms with Crippen molar-refractivity contribution in [2.45, 2.75) is 51.4 Å². The minimum absolute atomic E-state index is 0.00553. The Balaban J connectivity index is 1.51. The van der Waals surface area contributed by atoms with Gasteiger partial charge in [0.25, 0.3) is 5.91 Å². The molecule has 2 heterocycles. The van der Waals surface area contributed by atoms with Crippen molar-refractivity contribution in [2.75, 3.05) is 16.8 Å². The van der Waals surface area contributed by atoms with Gasteiger partial charge in [-0.15, -0.1) is 0 Å². The molecular formula is C28H24N6O2. The zero-order valence-corrected chi connectivity index (χ0v) is 20.6. The van der Waals surface area contributed by atoms with E-state index in [1.807, 2.05) is 63.2 Å². The van der Waals surface area contributed by atoms with E-state index in [0.29, 0.717) is 35.6 Å². The summed E-state index contributed by atoms with van der Waals surface area (Å²) in [6.07, 6.45) is 1.28. The first-order chi connectivity index (χ1) is 17.2. The molecule has 2 unspecified atom stereocenters. The molecule has 1 saturated carbocycles. The summed E-state index contributed by atoms with van der Waals surface area (Å²) in [6, 6.07) is 13.3. The molecule has 2 amide bonds. The molecule has 2 atom stereocenters. The summed E-state index contributed by atoms with van der Waals surface area (Å²) in [5.41, 5.74) is 1.12. The molecule has 1 aromatic heterocycles. The van der Waals surface area contributed by atoms with E-state index in [-0.39, 0.29) is 23.2 Å². The maximum absolute atomic E-state index is 14.3. The summed E-state index contributed by atoms with van der Waals surface area (Å²) in [5.74, 6) is -0.250. The van der Waals surface area contributed by atoms with E-state index in [4.69, 9.17) is 0 Å². The van der Waals surface area contributed by atoms with Crippen molar-refractivity contribution in [1.82, 2.24) is 9.97 Å². The normalized spacial score (nSPS) is 24.5. The first kappa shape index (κ1) is 22.2. The van der Waals surface area contributed by atoms with Crippen LogP contribution in [-0.4, -0.2) is 28.3 Å². The van der Waals surface area contributed by atoms with Gasteiger partial charge >= 0.3 is 0 Å². The average Bonchev–Trinajstić information content (AvgIpc) is 3.33. The van der Waals surface area contributed by atoms with Crippen LogP contribution >= 0.6 is 0 Å². The Kier molecular flexibility index (Phi) is 4.24. The van der Waals surface area contributed by atoms with E-state index in [1.54, 1.807) is 4.90 Å². The molecule has 2 aromatic carbocycles. The smallest absolute Gasteiger partial charge is 0.258 e. The van der Waals surface area contributed by atoms with Gasteiger partial charge in [0.1, 0.15) is 12.1 Å². The number of carbonyl (C=O) groups excluding carboxylic acids is 2. The van der Waals surface area contributed by atoms with Crippen molar-refractivity contribution in [2.24, 2.45) is 5.41 Å². The zero-order chi connectivity index (χ0) is 25.6. The first-order valence-electron chi connectivity index (χ1n) is 12.1. The molecule has 1 aliphatic heterocycles. The lowest BCUT2D eigenvalue weighted by atomic mass is 9.63. The second-order valence-corrected chi connectivity index (χ2v) is 10.6. The molecule has 3 aliphatic rings. The molecule has 1 N–H and O–H groups in total. The Bertz CT molecular complexity index is 1630. The number of nitrogens with zero attached hydrogens (tertiary/aromatic N) is 5. The maximum atomic E-state index is 14.3. The van der Waals surface area contributed by atoms with Gasteiger partial charge in [-0.1, -0.05) is 32.9 Å². The van der Waals surface area contributed by atoms with E-state index in [9.17, 15) is 20.1 Å². The van der Waals surface area contributed by atoms with Crippen LogP contribution in [0.4, 0.5) is 11.4 Å². The van der Waals surface area contributed by atoms with Crippen molar-refractivity contribution in [3.8, 4) is 12.1 Å². The van der Waals surface area contributed by atoms with Gasteiger partial charge in [-0.3, -0.25) is 9.59 Å². The van der Waals surface area contributed by atoms with Crippen LogP contribution in [-0.2, 0) is 15.6 Å². The number of benzene rings is 2. The number of nitrogens with one attached hydrogen (secondary N) is 1. The minimum Gasteiger partial charge on any atom is -0.325 e. The van der Waals surface area contributed by atoms with E-state index < -0.39 is 16.2 Å². The molecule has 2 bridgehead atoms. The third-order valence-electron chi connectivity index (χ3n) is 9.22. The van der Waals surface area contributed by atoms with Crippen molar-refractivity contribution < 1.29 is 9.59 Å². The Hall–Kier alpha value is -4.30. The number of nitriles is 2. The molecule has 8 nitrogen and oxygen atoms in total. The van der Waals surface area contributed by atoms with E-state index in [0.717, 1.165) is 22.9 Å². The molecule has 6 rings (SSSR count). The van der Waals surface area contributed by atoms with Gasteiger partial charge < -0.3 is 10.2 Å². The number of carbonyl (C=O) groups is 2. The Labute approximate surface area is 208 Å². The van der Waals surface area contributed by atoms with Gasteiger partial charge in [0.15, 0.2) is 11.4 Å². The predicted octanol–water partition coefficient (Wildman–Crippen LogP) is 4.32. The van der Waals surface area contributed by atoms with Gasteiger partial charge in [0.05, 0.1) is 22.5 Å². The zero-order valence-electron chi connectivity index (χ0n) is 20.6. The summed E-state index contributed by atoms with van der Waals surface area (Å²) in [4.78, 5) is 38.1. The number of amides is 2. The fraction of sp³-hybridized carbons (Fsp3) is 0.357. The number of fused-ring (bicyclic) bond motifs is 5. The van der Waals surface area contributed by atoms with E-state index in [2.05, 4.69) is 22.2 Å². The Morgan fingerprint density at radius 2 is 1.75 bits per heavy atom. The molecule has 3 aromatic rings. The van der Waals surface area contributed by atoms with Crippen molar-refractivity contribution in [3.05, 3.63) is 58.7 Å². The van der Waals surface area contributed by atoms with E-state index in [1.165, 1.54) is 0 Å². The third-order valence-corrected chi connectivity index (χ3v) is 9.22. The van der Waals surface area contributed by atoms with Gasteiger partial charge in [-0.25, -0.2) is 9.97 Å². The van der Waals surface area contributed by atoms with Crippen molar-refractivity contribution in [3.63, 3.8) is 0 Å². The Morgan fingerprint density at radius 3 is 2.42 bits per heavy atom. The largest absolute Gasteiger partial charge is 0.325 e. The average molecular weight is 477 g/mol. The number of aromatic nitrogens is 2. The van der Waals surface area contributed by atoms with Crippen LogP contribution in [0.1, 0.15) is 73.7 Å². The first-order valence-corrected chi connectivity index (χ1v) is 12.1. The molecule has 0 saturated heterocycles. The molecule has 0 radical (unpaired) electrons. The summed E-state index contributed by atoms with van der Waals surface area (Å²) in [6.45, 7) is 8.67. The van der Waals surface area contributed by atoms with Crippen LogP contribution in [0.3, 0.4) is 0 Å². The predicted molar refractivity (Wildman–Crippen MR) is 133 cm³/mol. The molecular weight excluding hydrogens is 452 g/mol. The lowest BCUT2D eigenvalue weighted by molar-refractivity contribution is -0.125. The second-order valence-electron chi connectivity index (χ2n) is 10.6. The highest BCUT2D eigenvalue weighted by Crippen LogP contribution is 2.70. The Morgan fingerprint density at radius 1 is 1.06 bits per heavy atom. The fourth-order valence-electron chi connectivity index (χ4n) is 6.84. The highest BCUT2D eigenvalue weighted by atomic mass is 16.2. The van der Waals surface area contributed by atoms with Crippen LogP contribution in [0, 0.1) is 28.1 Å². The molecule has 2 aliphatic carbocycles. The molecule has 0 spiro atoms. The second kappa shape index (κ2) is 6.89. The lowest BCUT2D eigenvalue weighted by Gasteiger charge is -2.39. The third kappa shape index (κ3) is 2.27. The van der Waals surface area contributed by atoms with Crippen LogP contribution in [0.5, 0.6) is 0 Å². The molecule has 1 fully saturated rings. The van der Waals surface area contributed by atoms with Crippen LogP contribution in [0.25, 0.3) is 10.8 Å². The van der Waals surface area contributed by atoms with Gasteiger partial charge in [0, 0.05) is 34.0 Å². The van der Waals surface area contributed by atoms with Gasteiger partial charge in [-0.2, -0.15) is 10.5 Å². The van der Waals surface area contributed by atoms with Crippen molar-refractivity contribution in [1.29, 1.82) is 10.5 Å². The summed E-state index contributed by atoms with van der Waals surface area (Å²) >= 11 is 0. The highest BCUT2D eigenvalue weighted by molar-refractivity contribution is 6.27. The van der Waals surface area contributed by atoms with Gasteiger partial charge in [0.2, 0.25) is 5.91 Å². The SMILES string of the molecule is CCN1C(=O)c2cccc3c(NC(=O)C45CCC(C)(c6nc(C#N)c(C#N)nc64)C5(C)C)ccc1c23. The highest BCUT2D eigenvalue weighted by Gasteiger charge is 2.73. The maximum Gasteiger partial charge on any atom is 0.258 e. The quantitative estimate of drug-likeness (QED) is 0.601. The van der Waals surface area contributed by atoms with Crippen molar-refractivity contribution >= 4 is 34.0 Å². The van der Waals surface area contributed by atoms with E-state index >= 15 is 0 Å². The van der Waals surface area contributed by atoms with Crippen LogP contribution in [0.2, 0.25) is 0 Å². The monoisotopic (exact) mass is 476 g/mol. The summed E-state index contributed by atoms with van der Waals surface area (Å²) in [7, 11) is 0. The van der Waals surface area contributed by atoms with Gasteiger partial charge in [-0.05, 0) is 43.4 Å².